The van der Waals surface area contributed by atoms with Crippen LogP contribution in [0, 0.1) is 5.92 Å². The summed E-state index contributed by atoms with van der Waals surface area (Å²) in [5.41, 5.74) is 0. The van der Waals surface area contributed by atoms with Crippen LogP contribution in [-0.2, 0) is 4.74 Å². The van der Waals surface area contributed by atoms with E-state index in [0.717, 1.165) is 12.3 Å². The number of aliphatic hydroxyl groups is 1. The Morgan fingerprint density at radius 2 is 2.25 bits per heavy atom. The van der Waals surface area contributed by atoms with Crippen molar-refractivity contribution in [2.45, 2.75) is 31.3 Å². The second-order valence-corrected chi connectivity index (χ2v) is 5.08. The molecule has 2 aliphatic heterocycles. The molecule has 2 fully saturated rings. The molecule has 0 aliphatic carbocycles. The van der Waals surface area contributed by atoms with E-state index in [1.807, 2.05) is 0 Å². The number of hydrogen-bond acceptors (Lipinski definition) is 4. The zero-order chi connectivity index (χ0) is 11.4. The van der Waals surface area contributed by atoms with Crippen molar-refractivity contribution in [1.29, 1.82) is 0 Å². The molecule has 2 bridgehead atoms. The summed E-state index contributed by atoms with van der Waals surface area (Å²) < 4.78 is 5.19. The highest BCUT2D eigenvalue weighted by Crippen LogP contribution is 2.27. The van der Waals surface area contributed by atoms with Crippen molar-refractivity contribution in [3.05, 3.63) is 0 Å². The summed E-state index contributed by atoms with van der Waals surface area (Å²) in [6.45, 7) is 4.71. The highest BCUT2D eigenvalue weighted by atomic mass is 16.5. The van der Waals surface area contributed by atoms with Gasteiger partial charge in [0.15, 0.2) is 0 Å². The number of nitrogens with zero attached hydrogens (tertiary/aromatic N) is 1. The van der Waals surface area contributed by atoms with Crippen molar-refractivity contribution in [2.75, 3.05) is 40.0 Å². The van der Waals surface area contributed by atoms with E-state index in [1.54, 1.807) is 7.11 Å². The Morgan fingerprint density at radius 1 is 1.44 bits per heavy atom. The number of ether oxygens (including phenoxy) is 1. The van der Waals surface area contributed by atoms with Gasteiger partial charge in [0, 0.05) is 32.3 Å². The second-order valence-electron chi connectivity index (χ2n) is 5.08. The van der Waals surface area contributed by atoms with Crippen LogP contribution in [0.4, 0.5) is 0 Å². The lowest BCUT2D eigenvalue weighted by molar-refractivity contribution is 0.126. The van der Waals surface area contributed by atoms with E-state index < -0.39 is 0 Å². The summed E-state index contributed by atoms with van der Waals surface area (Å²) in [7, 11) is 1.73. The minimum atomic E-state index is 0.241. The maximum atomic E-state index is 9.02. The molecule has 2 rings (SSSR count). The molecule has 0 aromatic rings. The van der Waals surface area contributed by atoms with Crippen LogP contribution in [0.5, 0.6) is 0 Å². The Labute approximate surface area is 98.0 Å². The van der Waals surface area contributed by atoms with Gasteiger partial charge in [-0.3, -0.25) is 0 Å². The van der Waals surface area contributed by atoms with Crippen LogP contribution < -0.4 is 5.32 Å². The third kappa shape index (κ3) is 2.94. The van der Waals surface area contributed by atoms with Gasteiger partial charge >= 0.3 is 0 Å². The van der Waals surface area contributed by atoms with Crippen LogP contribution in [0.25, 0.3) is 0 Å². The normalized spacial score (nSPS) is 35.2. The van der Waals surface area contributed by atoms with Crippen molar-refractivity contribution in [1.82, 2.24) is 10.2 Å². The van der Waals surface area contributed by atoms with Gasteiger partial charge in [0.25, 0.3) is 0 Å². The number of aliphatic hydroxyl groups excluding tert-OH is 1. The van der Waals surface area contributed by atoms with E-state index in [2.05, 4.69) is 10.2 Å². The van der Waals surface area contributed by atoms with Gasteiger partial charge in [0.2, 0.25) is 0 Å². The summed E-state index contributed by atoms with van der Waals surface area (Å²) in [6, 6.07) is 0.942. The first-order chi connectivity index (χ1) is 7.83. The molecule has 0 aromatic heterocycles. The molecule has 2 N–H and O–H groups in total. The molecule has 0 aromatic carbocycles. The van der Waals surface area contributed by atoms with E-state index in [-0.39, 0.29) is 6.61 Å². The first kappa shape index (κ1) is 12.3. The van der Waals surface area contributed by atoms with Gasteiger partial charge in [-0.15, -0.1) is 0 Å². The molecule has 2 heterocycles. The van der Waals surface area contributed by atoms with E-state index >= 15 is 0 Å². The van der Waals surface area contributed by atoms with Crippen LogP contribution in [0.15, 0.2) is 0 Å². The van der Waals surface area contributed by atoms with E-state index in [1.165, 1.54) is 32.5 Å². The Bertz CT molecular complexity index is 207. The monoisotopic (exact) mass is 228 g/mol. The Hall–Kier alpha value is -0.160. The van der Waals surface area contributed by atoms with E-state index in [9.17, 15) is 0 Å². The number of hydrogen-bond donors (Lipinski definition) is 2. The molecule has 0 spiro atoms. The van der Waals surface area contributed by atoms with Crippen molar-refractivity contribution >= 4 is 0 Å². The molecule has 2 aliphatic rings. The van der Waals surface area contributed by atoms with Crippen molar-refractivity contribution in [3.63, 3.8) is 0 Å². The summed E-state index contributed by atoms with van der Waals surface area (Å²) in [5.74, 6) is 0.812. The molecule has 4 unspecified atom stereocenters. The maximum absolute atomic E-state index is 9.02. The molecule has 2 saturated heterocycles. The largest absolute Gasteiger partial charge is 0.396 e. The number of piperidine rings is 1. The van der Waals surface area contributed by atoms with E-state index in [4.69, 9.17) is 9.84 Å². The average Bonchev–Trinajstić information content (AvgIpc) is 2.66. The zero-order valence-corrected chi connectivity index (χ0v) is 10.2. The van der Waals surface area contributed by atoms with Crippen molar-refractivity contribution in [2.24, 2.45) is 5.92 Å². The summed E-state index contributed by atoms with van der Waals surface area (Å²) >= 11 is 0. The Morgan fingerprint density at radius 3 is 3.00 bits per heavy atom. The second kappa shape index (κ2) is 5.96. The van der Waals surface area contributed by atoms with Crippen LogP contribution in [0.1, 0.15) is 19.3 Å². The summed E-state index contributed by atoms with van der Waals surface area (Å²) in [5, 5.41) is 12.7. The molecule has 4 heteroatoms. The highest BCUT2D eigenvalue weighted by molar-refractivity contribution is 4.92. The minimum absolute atomic E-state index is 0.241. The molecular formula is C12H24N2O2. The van der Waals surface area contributed by atoms with Crippen LogP contribution in [-0.4, -0.2) is 62.0 Å². The smallest absolute Gasteiger partial charge is 0.0616 e. The van der Waals surface area contributed by atoms with Crippen LogP contribution in [0.2, 0.25) is 0 Å². The first-order valence-corrected chi connectivity index (χ1v) is 6.41. The first-order valence-electron chi connectivity index (χ1n) is 6.41. The predicted octanol–water partition coefficient (Wildman–Crippen LogP) is 0.0676. The SMILES string of the molecule is COCC(CCO)NC1CCN2CCC1C2. The third-order valence-electron chi connectivity index (χ3n) is 3.93. The Balaban J connectivity index is 1.81. The van der Waals surface area contributed by atoms with Gasteiger partial charge in [-0.1, -0.05) is 0 Å². The fourth-order valence-electron chi connectivity index (χ4n) is 3.05. The predicted molar refractivity (Wildman–Crippen MR) is 63.5 cm³/mol. The molecular weight excluding hydrogens is 204 g/mol. The lowest BCUT2D eigenvalue weighted by atomic mass is 9.93. The van der Waals surface area contributed by atoms with Gasteiger partial charge in [0.05, 0.1) is 6.61 Å². The van der Waals surface area contributed by atoms with Crippen LogP contribution >= 0.6 is 0 Å². The van der Waals surface area contributed by atoms with Gasteiger partial charge in [-0.25, -0.2) is 0 Å². The minimum Gasteiger partial charge on any atom is -0.396 e. The number of rotatable bonds is 6. The molecule has 4 atom stereocenters. The molecule has 0 amide bonds. The standard InChI is InChI=1S/C12H24N2O2/c1-16-9-11(4-7-15)13-12-3-6-14-5-2-10(12)8-14/h10-13,15H,2-9H2,1H3. The molecule has 0 saturated carbocycles. The Kier molecular flexibility index (Phi) is 4.58. The topological polar surface area (TPSA) is 44.7 Å². The quantitative estimate of drug-likeness (QED) is 0.675. The molecule has 0 radical (unpaired) electrons. The number of nitrogens with one attached hydrogen (secondary N) is 1. The molecule has 4 nitrogen and oxygen atoms in total. The van der Waals surface area contributed by atoms with E-state index in [0.29, 0.717) is 18.7 Å². The lowest BCUT2D eigenvalue weighted by Crippen LogP contribution is -2.49. The van der Waals surface area contributed by atoms with Gasteiger partial charge in [-0.05, 0) is 38.3 Å². The fraction of sp³-hybridized carbons (Fsp3) is 1.00. The third-order valence-corrected chi connectivity index (χ3v) is 3.93. The van der Waals surface area contributed by atoms with Gasteiger partial charge in [0.1, 0.15) is 0 Å². The molecule has 94 valence electrons. The molecule has 16 heavy (non-hydrogen) atoms. The van der Waals surface area contributed by atoms with Crippen molar-refractivity contribution in [3.8, 4) is 0 Å². The number of fused-ring (bicyclic) bond motifs is 2. The maximum Gasteiger partial charge on any atom is 0.0616 e. The summed E-state index contributed by atoms with van der Waals surface area (Å²) in [4.78, 5) is 2.56. The van der Waals surface area contributed by atoms with Crippen LogP contribution in [0.3, 0.4) is 0 Å². The van der Waals surface area contributed by atoms with Gasteiger partial charge < -0.3 is 20.1 Å². The van der Waals surface area contributed by atoms with Crippen molar-refractivity contribution < 1.29 is 9.84 Å². The highest BCUT2D eigenvalue weighted by Gasteiger charge is 2.34. The zero-order valence-electron chi connectivity index (χ0n) is 10.2. The average molecular weight is 228 g/mol. The number of methoxy groups -OCH3 is 1. The fourth-order valence-corrected chi connectivity index (χ4v) is 3.05. The lowest BCUT2D eigenvalue weighted by Gasteiger charge is -2.34. The van der Waals surface area contributed by atoms with Gasteiger partial charge in [-0.2, -0.15) is 0 Å². The summed E-state index contributed by atoms with van der Waals surface area (Å²) in [6.07, 6.45) is 3.37.